The molecule has 2 aliphatic rings. The van der Waals surface area contributed by atoms with Gasteiger partial charge in [-0.25, -0.2) is 13.2 Å². The largest absolute Gasteiger partial charge is 0.497 e. The number of rotatable bonds is 7. The predicted octanol–water partition coefficient (Wildman–Crippen LogP) is 1.43. The number of carbonyl (C=O) groups is 2. The third-order valence-electron chi connectivity index (χ3n) is 4.70. The van der Waals surface area contributed by atoms with Crippen LogP contribution in [0.3, 0.4) is 0 Å². The fourth-order valence-electron chi connectivity index (χ4n) is 3.19. The van der Waals surface area contributed by atoms with Crippen LogP contribution in [0.4, 0.5) is 0 Å². The Balaban J connectivity index is 1.52. The molecule has 0 N–H and O–H groups in total. The lowest BCUT2D eigenvalue weighted by molar-refractivity contribution is -0.149. The Morgan fingerprint density at radius 3 is 2.41 bits per heavy atom. The standard InChI is InChI=1S/C19H23NO6S/c1-25-17-7-2-14(3-8-17)4-9-19(22)26-12-18(21)20(15-5-6-15)16-10-11-27(23,24)13-16/h2-4,7-9,15-16H,5-6,10-13H2,1H3/b9-4+/t16-/m0/s1. The summed E-state index contributed by atoms with van der Waals surface area (Å²) < 4.78 is 33.5. The average molecular weight is 393 g/mol. The molecule has 3 rings (SSSR count). The van der Waals surface area contributed by atoms with Crippen LogP contribution in [0.5, 0.6) is 5.75 Å². The van der Waals surface area contributed by atoms with Crippen LogP contribution in [0.1, 0.15) is 24.8 Å². The van der Waals surface area contributed by atoms with Crippen molar-refractivity contribution >= 4 is 27.8 Å². The predicted molar refractivity (Wildman–Crippen MR) is 99.9 cm³/mol. The first-order chi connectivity index (χ1) is 12.9. The second-order valence-electron chi connectivity index (χ2n) is 6.80. The summed E-state index contributed by atoms with van der Waals surface area (Å²) in [4.78, 5) is 26.0. The molecule has 1 aromatic carbocycles. The molecule has 146 valence electrons. The first-order valence-electron chi connectivity index (χ1n) is 8.88. The first kappa shape index (κ1) is 19.4. The van der Waals surface area contributed by atoms with E-state index in [1.807, 2.05) is 0 Å². The molecule has 0 aromatic heterocycles. The summed E-state index contributed by atoms with van der Waals surface area (Å²) in [5, 5.41) is 0. The molecule has 1 heterocycles. The van der Waals surface area contributed by atoms with E-state index in [2.05, 4.69) is 0 Å². The van der Waals surface area contributed by atoms with Gasteiger partial charge in [-0.2, -0.15) is 0 Å². The summed E-state index contributed by atoms with van der Waals surface area (Å²) in [5.74, 6) is -0.117. The van der Waals surface area contributed by atoms with Gasteiger partial charge in [0.2, 0.25) is 0 Å². The zero-order valence-corrected chi connectivity index (χ0v) is 16.0. The monoisotopic (exact) mass is 393 g/mol. The maximum Gasteiger partial charge on any atom is 0.331 e. The van der Waals surface area contributed by atoms with Gasteiger partial charge in [-0.15, -0.1) is 0 Å². The zero-order chi connectivity index (χ0) is 19.4. The van der Waals surface area contributed by atoms with Crippen molar-refractivity contribution in [1.82, 2.24) is 4.90 Å². The van der Waals surface area contributed by atoms with E-state index in [1.165, 1.54) is 6.08 Å². The van der Waals surface area contributed by atoms with Gasteiger partial charge in [-0.1, -0.05) is 12.1 Å². The smallest absolute Gasteiger partial charge is 0.331 e. The van der Waals surface area contributed by atoms with E-state index in [4.69, 9.17) is 9.47 Å². The van der Waals surface area contributed by atoms with Gasteiger partial charge in [0.15, 0.2) is 16.4 Å². The van der Waals surface area contributed by atoms with Crippen molar-refractivity contribution in [3.05, 3.63) is 35.9 Å². The molecule has 27 heavy (non-hydrogen) atoms. The molecule has 0 bridgehead atoms. The van der Waals surface area contributed by atoms with E-state index in [1.54, 1.807) is 42.4 Å². The number of benzene rings is 1. The molecular weight excluding hydrogens is 370 g/mol. The molecule has 2 fully saturated rings. The summed E-state index contributed by atoms with van der Waals surface area (Å²) in [5.41, 5.74) is 0.801. The molecule has 0 unspecified atom stereocenters. The number of methoxy groups -OCH3 is 1. The van der Waals surface area contributed by atoms with E-state index in [9.17, 15) is 18.0 Å². The van der Waals surface area contributed by atoms with E-state index in [0.717, 1.165) is 24.2 Å². The van der Waals surface area contributed by atoms with Gasteiger partial charge >= 0.3 is 5.97 Å². The number of nitrogens with zero attached hydrogens (tertiary/aromatic N) is 1. The van der Waals surface area contributed by atoms with Gasteiger partial charge in [-0.05, 0) is 43.0 Å². The number of amides is 1. The molecule has 1 saturated carbocycles. The minimum atomic E-state index is -3.08. The van der Waals surface area contributed by atoms with Crippen molar-refractivity contribution in [3.63, 3.8) is 0 Å². The van der Waals surface area contributed by atoms with Crippen LogP contribution in [0.25, 0.3) is 6.08 Å². The number of hydrogen-bond acceptors (Lipinski definition) is 6. The molecular formula is C19H23NO6S. The van der Waals surface area contributed by atoms with Crippen LogP contribution in [0.2, 0.25) is 0 Å². The maximum atomic E-state index is 12.5. The van der Waals surface area contributed by atoms with Gasteiger partial charge < -0.3 is 14.4 Å². The Hall–Kier alpha value is -2.35. The summed E-state index contributed by atoms with van der Waals surface area (Å²) in [6.07, 6.45) is 5.04. The third-order valence-corrected chi connectivity index (χ3v) is 6.45. The Bertz CT molecular complexity index is 826. The van der Waals surface area contributed by atoms with Crippen LogP contribution >= 0.6 is 0 Å². The van der Waals surface area contributed by atoms with Crippen LogP contribution in [-0.4, -0.2) is 62.5 Å². The quantitative estimate of drug-likeness (QED) is 0.514. The highest BCUT2D eigenvalue weighted by atomic mass is 32.2. The van der Waals surface area contributed by atoms with Crippen molar-refractivity contribution in [1.29, 1.82) is 0 Å². The molecule has 1 aromatic rings. The van der Waals surface area contributed by atoms with Crippen molar-refractivity contribution in [2.75, 3.05) is 25.2 Å². The normalized spacial score (nSPS) is 21.1. The second-order valence-corrected chi connectivity index (χ2v) is 9.03. The zero-order valence-electron chi connectivity index (χ0n) is 15.2. The number of ether oxygens (including phenoxy) is 2. The number of hydrogen-bond donors (Lipinski definition) is 0. The summed E-state index contributed by atoms with van der Waals surface area (Å²) in [7, 11) is -1.50. The lowest BCUT2D eigenvalue weighted by Crippen LogP contribution is -2.44. The van der Waals surface area contributed by atoms with Crippen molar-refractivity contribution < 1.29 is 27.5 Å². The minimum Gasteiger partial charge on any atom is -0.497 e. The van der Waals surface area contributed by atoms with Gasteiger partial charge in [0.05, 0.1) is 18.6 Å². The highest BCUT2D eigenvalue weighted by Crippen LogP contribution is 2.32. The van der Waals surface area contributed by atoms with E-state index >= 15 is 0 Å². The lowest BCUT2D eigenvalue weighted by atomic mass is 10.2. The Morgan fingerprint density at radius 2 is 1.85 bits per heavy atom. The van der Waals surface area contributed by atoms with Crippen LogP contribution < -0.4 is 4.74 Å². The summed E-state index contributed by atoms with van der Waals surface area (Å²) in [6.45, 7) is -0.376. The van der Waals surface area contributed by atoms with Crippen molar-refractivity contribution in [2.24, 2.45) is 0 Å². The van der Waals surface area contributed by atoms with Gasteiger partial charge in [-0.3, -0.25) is 4.79 Å². The molecule has 1 saturated heterocycles. The second kappa shape index (κ2) is 8.12. The first-order valence-corrected chi connectivity index (χ1v) is 10.7. The molecule has 1 amide bonds. The molecule has 8 heteroatoms. The topological polar surface area (TPSA) is 90.0 Å². The molecule has 1 atom stereocenters. The average Bonchev–Trinajstić information content (AvgIpc) is 3.41. The Labute approximate surface area is 158 Å². The third kappa shape index (κ3) is 5.32. The molecule has 0 radical (unpaired) electrons. The van der Waals surface area contributed by atoms with Gasteiger partial charge in [0, 0.05) is 18.2 Å². The number of sulfone groups is 1. The molecule has 1 aliphatic carbocycles. The SMILES string of the molecule is COc1ccc(/C=C/C(=O)OCC(=O)N(C2CC2)[C@H]2CCS(=O)(=O)C2)cc1. The number of esters is 1. The van der Waals surface area contributed by atoms with Crippen LogP contribution in [0.15, 0.2) is 30.3 Å². The highest BCUT2D eigenvalue weighted by Gasteiger charge is 2.42. The maximum absolute atomic E-state index is 12.5. The van der Waals surface area contributed by atoms with Crippen LogP contribution in [-0.2, 0) is 24.2 Å². The minimum absolute atomic E-state index is 0.000554. The van der Waals surface area contributed by atoms with E-state index in [0.29, 0.717) is 6.42 Å². The number of carbonyl (C=O) groups excluding carboxylic acids is 2. The highest BCUT2D eigenvalue weighted by molar-refractivity contribution is 7.91. The fraction of sp³-hybridized carbons (Fsp3) is 0.474. The molecule has 0 spiro atoms. The van der Waals surface area contributed by atoms with E-state index in [-0.39, 0.29) is 36.1 Å². The fourth-order valence-corrected chi connectivity index (χ4v) is 4.90. The van der Waals surface area contributed by atoms with E-state index < -0.39 is 15.8 Å². The summed E-state index contributed by atoms with van der Waals surface area (Å²) in [6, 6.07) is 6.91. The summed E-state index contributed by atoms with van der Waals surface area (Å²) >= 11 is 0. The van der Waals surface area contributed by atoms with Gasteiger partial charge in [0.25, 0.3) is 5.91 Å². The van der Waals surface area contributed by atoms with Crippen molar-refractivity contribution in [2.45, 2.75) is 31.3 Å². The Morgan fingerprint density at radius 1 is 1.15 bits per heavy atom. The Kier molecular flexibility index (Phi) is 5.84. The van der Waals surface area contributed by atoms with Crippen LogP contribution in [0, 0.1) is 0 Å². The van der Waals surface area contributed by atoms with Crippen molar-refractivity contribution in [3.8, 4) is 5.75 Å². The molecule has 1 aliphatic heterocycles. The lowest BCUT2D eigenvalue weighted by Gasteiger charge is -2.28. The van der Waals surface area contributed by atoms with Gasteiger partial charge in [0.1, 0.15) is 5.75 Å². The molecule has 7 nitrogen and oxygen atoms in total.